The molecule has 0 radical (unpaired) electrons. The van der Waals surface area contributed by atoms with Gasteiger partial charge in [0.25, 0.3) is 0 Å². The van der Waals surface area contributed by atoms with Crippen LogP contribution < -0.4 is 10.0 Å². The minimum Gasteiger partial charge on any atom is -0.313 e. The van der Waals surface area contributed by atoms with Crippen LogP contribution in [0, 0.1) is 0 Å². The Hall–Kier alpha value is -0.130. The predicted octanol–water partition coefficient (Wildman–Crippen LogP) is 0.845. The smallest absolute Gasteiger partial charge is 0.215 e. The van der Waals surface area contributed by atoms with E-state index in [0.717, 1.165) is 19.3 Å². The van der Waals surface area contributed by atoms with Gasteiger partial charge < -0.3 is 5.32 Å². The molecule has 1 saturated carbocycles. The van der Waals surface area contributed by atoms with E-state index in [0.29, 0.717) is 12.6 Å². The van der Waals surface area contributed by atoms with Gasteiger partial charge in [0.05, 0.1) is 5.25 Å². The van der Waals surface area contributed by atoms with Crippen LogP contribution in [0.15, 0.2) is 0 Å². The Labute approximate surface area is 92.9 Å². The van der Waals surface area contributed by atoms with Crippen molar-refractivity contribution in [1.82, 2.24) is 10.0 Å². The average molecular weight is 234 g/mol. The van der Waals surface area contributed by atoms with Gasteiger partial charge >= 0.3 is 0 Å². The molecule has 5 heteroatoms. The van der Waals surface area contributed by atoms with Gasteiger partial charge in [-0.2, -0.15) is 0 Å². The summed E-state index contributed by atoms with van der Waals surface area (Å²) in [7, 11) is -3.13. The first-order chi connectivity index (χ1) is 6.92. The largest absolute Gasteiger partial charge is 0.313 e. The Morgan fingerprint density at radius 1 is 1.27 bits per heavy atom. The van der Waals surface area contributed by atoms with Crippen LogP contribution in [-0.2, 0) is 10.0 Å². The summed E-state index contributed by atoms with van der Waals surface area (Å²) in [6, 6.07) is 0.517. The molecule has 1 aliphatic rings. The Morgan fingerprint density at radius 3 is 2.27 bits per heavy atom. The highest BCUT2D eigenvalue weighted by molar-refractivity contribution is 7.90. The lowest BCUT2D eigenvalue weighted by molar-refractivity contribution is 0.381. The monoisotopic (exact) mass is 234 g/mol. The van der Waals surface area contributed by atoms with Crippen molar-refractivity contribution < 1.29 is 8.42 Å². The van der Waals surface area contributed by atoms with Crippen molar-refractivity contribution in [3.8, 4) is 0 Å². The second-order valence-electron chi connectivity index (χ2n) is 4.66. The lowest BCUT2D eigenvalue weighted by Gasteiger charge is -2.28. The van der Waals surface area contributed by atoms with Gasteiger partial charge in [-0.05, 0) is 19.8 Å². The van der Waals surface area contributed by atoms with E-state index in [-0.39, 0.29) is 11.3 Å². The van der Waals surface area contributed by atoms with E-state index in [1.807, 2.05) is 13.8 Å². The fraction of sp³-hybridized carbons (Fsp3) is 1.00. The fourth-order valence-electron chi connectivity index (χ4n) is 1.39. The van der Waals surface area contributed by atoms with Crippen molar-refractivity contribution in [2.45, 2.75) is 57.4 Å². The maximum Gasteiger partial charge on any atom is 0.215 e. The molecule has 90 valence electrons. The first-order valence-electron chi connectivity index (χ1n) is 5.66. The number of nitrogens with one attached hydrogen (secondary N) is 2. The number of rotatable bonds is 6. The molecule has 1 rings (SSSR count). The van der Waals surface area contributed by atoms with Crippen LogP contribution in [0.25, 0.3) is 0 Å². The summed E-state index contributed by atoms with van der Waals surface area (Å²) >= 11 is 0. The second kappa shape index (κ2) is 5.27. The van der Waals surface area contributed by atoms with Crippen LogP contribution in [0.1, 0.15) is 40.0 Å². The zero-order chi connectivity index (χ0) is 11.5. The molecule has 0 bridgehead atoms. The molecular weight excluding hydrogens is 212 g/mol. The van der Waals surface area contributed by atoms with E-state index in [2.05, 4.69) is 10.0 Å². The van der Waals surface area contributed by atoms with E-state index in [1.165, 1.54) is 0 Å². The van der Waals surface area contributed by atoms with E-state index < -0.39 is 10.0 Å². The summed E-state index contributed by atoms with van der Waals surface area (Å²) in [6.45, 7) is 6.29. The maximum absolute atomic E-state index is 11.8. The molecule has 0 amide bonds. The van der Waals surface area contributed by atoms with E-state index in [1.54, 1.807) is 6.92 Å². The summed E-state index contributed by atoms with van der Waals surface area (Å²) in [6.07, 6.45) is 3.12. The van der Waals surface area contributed by atoms with Gasteiger partial charge in [0.1, 0.15) is 0 Å². The molecule has 1 unspecified atom stereocenters. The van der Waals surface area contributed by atoms with Crippen LogP contribution in [0.4, 0.5) is 0 Å². The molecule has 0 aromatic carbocycles. The Balaban J connectivity index is 2.37. The molecule has 0 aromatic rings. The Kier molecular flexibility index (Phi) is 4.55. The highest BCUT2D eigenvalue weighted by atomic mass is 32.2. The van der Waals surface area contributed by atoms with E-state index >= 15 is 0 Å². The van der Waals surface area contributed by atoms with E-state index in [9.17, 15) is 8.42 Å². The van der Waals surface area contributed by atoms with Gasteiger partial charge in [-0.25, -0.2) is 13.1 Å². The zero-order valence-corrected chi connectivity index (χ0v) is 10.6. The lowest BCUT2D eigenvalue weighted by atomic mass is 9.94. The van der Waals surface area contributed by atoms with Gasteiger partial charge in [-0.1, -0.05) is 20.3 Å². The molecule has 0 saturated heterocycles. The van der Waals surface area contributed by atoms with Gasteiger partial charge in [0.2, 0.25) is 10.0 Å². The first kappa shape index (κ1) is 12.9. The third-order valence-corrected chi connectivity index (χ3v) is 4.67. The van der Waals surface area contributed by atoms with Crippen LogP contribution >= 0.6 is 0 Å². The minimum absolute atomic E-state index is 0.191. The molecule has 4 nitrogen and oxygen atoms in total. The quantitative estimate of drug-likeness (QED) is 0.716. The summed E-state index contributed by atoms with van der Waals surface area (Å²) in [5.74, 6) is 0. The number of hydrogen-bond acceptors (Lipinski definition) is 3. The molecule has 1 fully saturated rings. The highest BCUT2D eigenvalue weighted by Gasteiger charge is 2.27. The van der Waals surface area contributed by atoms with Crippen molar-refractivity contribution in [3.63, 3.8) is 0 Å². The third kappa shape index (κ3) is 4.09. The summed E-state index contributed by atoms with van der Waals surface area (Å²) < 4.78 is 26.3. The van der Waals surface area contributed by atoms with Crippen molar-refractivity contribution in [2.24, 2.45) is 0 Å². The summed E-state index contributed by atoms with van der Waals surface area (Å²) in [5, 5.41) is 2.78. The maximum atomic E-state index is 11.8. The molecule has 15 heavy (non-hydrogen) atoms. The number of hydrogen-bond donors (Lipinski definition) is 2. The van der Waals surface area contributed by atoms with Gasteiger partial charge in [0, 0.05) is 18.6 Å². The zero-order valence-electron chi connectivity index (χ0n) is 9.79. The number of sulfonamides is 1. The molecule has 0 heterocycles. The summed E-state index contributed by atoms with van der Waals surface area (Å²) in [4.78, 5) is 0. The van der Waals surface area contributed by atoms with Crippen LogP contribution in [0.3, 0.4) is 0 Å². The van der Waals surface area contributed by atoms with Crippen molar-refractivity contribution >= 4 is 10.0 Å². The van der Waals surface area contributed by atoms with Gasteiger partial charge in [-0.15, -0.1) is 0 Å². The fourth-order valence-corrected chi connectivity index (χ4v) is 2.63. The van der Waals surface area contributed by atoms with Gasteiger partial charge in [0.15, 0.2) is 0 Å². The molecule has 0 aromatic heterocycles. The lowest BCUT2D eigenvalue weighted by Crippen LogP contribution is -2.46. The molecular formula is C10H22N2O2S. The molecule has 0 aliphatic heterocycles. The Morgan fingerprint density at radius 2 is 1.87 bits per heavy atom. The van der Waals surface area contributed by atoms with Crippen molar-refractivity contribution in [1.29, 1.82) is 0 Å². The normalized spacial score (nSPS) is 20.3. The molecule has 0 spiro atoms. The third-order valence-electron chi connectivity index (χ3n) is 2.78. The van der Waals surface area contributed by atoms with Gasteiger partial charge in [-0.3, -0.25) is 0 Å². The molecule has 1 atom stereocenters. The Bertz CT molecular complexity index is 284. The second-order valence-corrected chi connectivity index (χ2v) is 6.79. The van der Waals surface area contributed by atoms with Crippen molar-refractivity contribution in [2.75, 3.05) is 6.54 Å². The average Bonchev–Trinajstić information content (AvgIpc) is 2.07. The highest BCUT2D eigenvalue weighted by Crippen LogP contribution is 2.19. The van der Waals surface area contributed by atoms with Crippen LogP contribution in [0.2, 0.25) is 0 Å². The van der Waals surface area contributed by atoms with Crippen LogP contribution in [0.5, 0.6) is 0 Å². The summed E-state index contributed by atoms with van der Waals surface area (Å²) in [5.41, 5.74) is 0. The SMILES string of the molecule is CC(C)NCC(C)S(=O)(=O)NC1CCC1. The standard InChI is InChI=1S/C10H22N2O2S/c1-8(2)11-7-9(3)15(13,14)12-10-5-4-6-10/h8-12H,4-7H2,1-3H3. The molecule has 1 aliphatic carbocycles. The van der Waals surface area contributed by atoms with E-state index in [4.69, 9.17) is 0 Å². The minimum atomic E-state index is -3.13. The van der Waals surface area contributed by atoms with Crippen molar-refractivity contribution in [3.05, 3.63) is 0 Å². The predicted molar refractivity (Wildman–Crippen MR) is 62.3 cm³/mol. The first-order valence-corrected chi connectivity index (χ1v) is 7.21. The molecule has 2 N–H and O–H groups in total. The van der Waals surface area contributed by atoms with Crippen LogP contribution in [-0.4, -0.2) is 32.3 Å². The topological polar surface area (TPSA) is 58.2 Å².